The normalized spacial score (nSPS) is 25.1. The Hall–Kier alpha value is -1.10. The number of hydrogen-bond donors (Lipinski definition) is 1. The average Bonchev–Trinajstić information content (AvgIpc) is 2.62. The van der Waals surface area contributed by atoms with Crippen molar-refractivity contribution in [3.05, 3.63) is 0 Å². The number of carbonyl (C=O) groups excluding carboxylic acids is 2. The molecule has 0 bridgehead atoms. The number of hydrazine groups is 1. The summed E-state index contributed by atoms with van der Waals surface area (Å²) in [4.78, 5) is 22.4. The van der Waals surface area contributed by atoms with Crippen molar-refractivity contribution in [2.45, 2.75) is 12.8 Å². The van der Waals surface area contributed by atoms with Crippen LogP contribution < -0.4 is 5.32 Å². The van der Waals surface area contributed by atoms with E-state index in [1.807, 2.05) is 5.01 Å². The molecule has 0 aromatic heterocycles. The molecular formula is C8H13N3O2. The SMILES string of the molecule is O=C1NCCN(N2CCCC2)C1=O. The van der Waals surface area contributed by atoms with E-state index in [0.717, 1.165) is 25.9 Å². The molecule has 5 heteroatoms. The van der Waals surface area contributed by atoms with Crippen molar-refractivity contribution in [2.24, 2.45) is 0 Å². The highest BCUT2D eigenvalue weighted by molar-refractivity contribution is 6.35. The number of nitrogens with one attached hydrogen (secondary N) is 1. The van der Waals surface area contributed by atoms with Gasteiger partial charge in [-0.2, -0.15) is 0 Å². The smallest absolute Gasteiger partial charge is 0.326 e. The van der Waals surface area contributed by atoms with Gasteiger partial charge in [0, 0.05) is 19.6 Å². The molecule has 13 heavy (non-hydrogen) atoms. The van der Waals surface area contributed by atoms with Crippen molar-refractivity contribution in [1.82, 2.24) is 15.3 Å². The molecule has 72 valence electrons. The van der Waals surface area contributed by atoms with Crippen LogP contribution in [0.15, 0.2) is 0 Å². The van der Waals surface area contributed by atoms with Gasteiger partial charge in [0.15, 0.2) is 0 Å². The largest absolute Gasteiger partial charge is 0.346 e. The van der Waals surface area contributed by atoms with Crippen molar-refractivity contribution in [2.75, 3.05) is 26.2 Å². The van der Waals surface area contributed by atoms with Crippen molar-refractivity contribution in [3.8, 4) is 0 Å². The van der Waals surface area contributed by atoms with Gasteiger partial charge in [-0.15, -0.1) is 0 Å². The van der Waals surface area contributed by atoms with Crippen LogP contribution in [0, 0.1) is 0 Å². The van der Waals surface area contributed by atoms with Crippen LogP contribution in [0.4, 0.5) is 0 Å². The number of hydrogen-bond acceptors (Lipinski definition) is 3. The van der Waals surface area contributed by atoms with E-state index in [2.05, 4.69) is 5.32 Å². The van der Waals surface area contributed by atoms with E-state index in [1.54, 1.807) is 5.01 Å². The number of carbonyl (C=O) groups is 2. The zero-order valence-electron chi connectivity index (χ0n) is 7.45. The lowest BCUT2D eigenvalue weighted by Gasteiger charge is -2.33. The van der Waals surface area contributed by atoms with Crippen LogP contribution in [0.3, 0.4) is 0 Å². The maximum atomic E-state index is 11.4. The van der Waals surface area contributed by atoms with Crippen molar-refractivity contribution < 1.29 is 9.59 Å². The summed E-state index contributed by atoms with van der Waals surface area (Å²) in [5.74, 6) is -0.883. The van der Waals surface area contributed by atoms with Gasteiger partial charge in [-0.1, -0.05) is 0 Å². The molecule has 0 aromatic carbocycles. The molecule has 0 aromatic rings. The van der Waals surface area contributed by atoms with Crippen LogP contribution in [0.1, 0.15) is 12.8 Å². The molecule has 2 fully saturated rings. The number of rotatable bonds is 1. The fraction of sp³-hybridized carbons (Fsp3) is 0.750. The Morgan fingerprint density at radius 3 is 2.46 bits per heavy atom. The molecule has 1 N–H and O–H groups in total. The molecule has 0 spiro atoms. The average molecular weight is 183 g/mol. The first-order valence-electron chi connectivity index (χ1n) is 4.63. The third kappa shape index (κ3) is 1.51. The van der Waals surface area contributed by atoms with Crippen molar-refractivity contribution in [3.63, 3.8) is 0 Å². The molecule has 2 rings (SSSR count). The predicted octanol–water partition coefficient (Wildman–Crippen LogP) is -1.04. The molecule has 2 aliphatic heterocycles. The van der Waals surface area contributed by atoms with Gasteiger partial charge in [-0.3, -0.25) is 14.6 Å². The Labute approximate surface area is 76.6 Å². The van der Waals surface area contributed by atoms with Crippen LogP contribution in [0.5, 0.6) is 0 Å². The van der Waals surface area contributed by atoms with Gasteiger partial charge in [0.05, 0.1) is 6.54 Å². The van der Waals surface area contributed by atoms with Gasteiger partial charge in [0.25, 0.3) is 0 Å². The van der Waals surface area contributed by atoms with Gasteiger partial charge in [-0.05, 0) is 12.8 Å². The van der Waals surface area contributed by atoms with E-state index >= 15 is 0 Å². The predicted molar refractivity (Wildman–Crippen MR) is 45.5 cm³/mol. The summed E-state index contributed by atoms with van der Waals surface area (Å²) in [6, 6.07) is 0. The highest BCUT2D eigenvalue weighted by atomic mass is 16.2. The van der Waals surface area contributed by atoms with Gasteiger partial charge < -0.3 is 5.32 Å². The molecule has 0 radical (unpaired) electrons. The maximum Gasteiger partial charge on any atom is 0.326 e. The molecule has 2 saturated heterocycles. The topological polar surface area (TPSA) is 52.7 Å². The summed E-state index contributed by atoms with van der Waals surface area (Å²) in [6.07, 6.45) is 2.23. The lowest BCUT2D eigenvalue weighted by Crippen LogP contribution is -2.57. The zero-order valence-corrected chi connectivity index (χ0v) is 7.45. The molecule has 0 unspecified atom stereocenters. The monoisotopic (exact) mass is 183 g/mol. The number of piperazine rings is 1. The minimum atomic E-state index is -0.474. The minimum Gasteiger partial charge on any atom is -0.346 e. The highest BCUT2D eigenvalue weighted by Gasteiger charge is 2.31. The first kappa shape index (κ1) is 8.50. The highest BCUT2D eigenvalue weighted by Crippen LogP contribution is 2.12. The summed E-state index contributed by atoms with van der Waals surface area (Å²) in [5.41, 5.74) is 0. The van der Waals surface area contributed by atoms with Gasteiger partial charge in [-0.25, -0.2) is 5.01 Å². The second-order valence-electron chi connectivity index (χ2n) is 3.34. The summed E-state index contributed by atoms with van der Waals surface area (Å²) in [5, 5.41) is 6.08. The fourth-order valence-electron chi connectivity index (χ4n) is 1.78. The van der Waals surface area contributed by atoms with Crippen LogP contribution in [0.2, 0.25) is 0 Å². The van der Waals surface area contributed by atoms with E-state index in [-0.39, 0.29) is 0 Å². The van der Waals surface area contributed by atoms with Crippen LogP contribution in [-0.2, 0) is 9.59 Å². The Balaban J connectivity index is 2.04. The maximum absolute atomic E-state index is 11.4. The first-order valence-corrected chi connectivity index (χ1v) is 4.63. The molecule has 0 aliphatic carbocycles. The molecule has 5 nitrogen and oxygen atoms in total. The summed E-state index contributed by atoms with van der Waals surface area (Å²) >= 11 is 0. The molecular weight excluding hydrogens is 170 g/mol. The van der Waals surface area contributed by atoms with Crippen molar-refractivity contribution >= 4 is 11.8 Å². The lowest BCUT2D eigenvalue weighted by molar-refractivity contribution is -0.160. The Bertz CT molecular complexity index is 236. The van der Waals surface area contributed by atoms with E-state index < -0.39 is 11.8 Å². The summed E-state index contributed by atoms with van der Waals surface area (Å²) in [7, 11) is 0. The Morgan fingerprint density at radius 1 is 1.08 bits per heavy atom. The van der Waals surface area contributed by atoms with Gasteiger partial charge in [0.1, 0.15) is 0 Å². The van der Waals surface area contributed by atoms with Crippen LogP contribution in [-0.4, -0.2) is 48.0 Å². The first-order chi connectivity index (χ1) is 6.29. The summed E-state index contributed by atoms with van der Waals surface area (Å²) in [6.45, 7) is 2.99. The number of nitrogens with zero attached hydrogens (tertiary/aromatic N) is 2. The molecule has 2 heterocycles. The van der Waals surface area contributed by atoms with Crippen molar-refractivity contribution in [1.29, 1.82) is 0 Å². The van der Waals surface area contributed by atoms with E-state index in [0.29, 0.717) is 13.1 Å². The Morgan fingerprint density at radius 2 is 1.77 bits per heavy atom. The summed E-state index contributed by atoms with van der Waals surface area (Å²) < 4.78 is 0. The standard InChI is InChI=1S/C8H13N3O2/c12-7-8(13)11(6-3-9-7)10-4-1-2-5-10/h1-6H2,(H,9,12). The lowest BCUT2D eigenvalue weighted by atomic mass is 10.4. The third-order valence-corrected chi connectivity index (χ3v) is 2.46. The quantitative estimate of drug-likeness (QED) is 0.528. The zero-order chi connectivity index (χ0) is 9.26. The fourth-order valence-corrected chi connectivity index (χ4v) is 1.78. The minimum absolute atomic E-state index is 0.409. The molecule has 2 aliphatic rings. The van der Waals surface area contributed by atoms with Gasteiger partial charge >= 0.3 is 11.8 Å². The molecule has 0 saturated carbocycles. The molecule has 2 amide bonds. The second-order valence-corrected chi connectivity index (χ2v) is 3.34. The van der Waals surface area contributed by atoms with Crippen LogP contribution >= 0.6 is 0 Å². The van der Waals surface area contributed by atoms with E-state index in [9.17, 15) is 9.59 Å². The Kier molecular flexibility index (Phi) is 2.18. The second kappa shape index (κ2) is 3.33. The van der Waals surface area contributed by atoms with Gasteiger partial charge in [0.2, 0.25) is 0 Å². The molecule has 0 atom stereocenters. The van der Waals surface area contributed by atoms with Crippen LogP contribution in [0.25, 0.3) is 0 Å². The van der Waals surface area contributed by atoms with E-state index in [4.69, 9.17) is 0 Å². The third-order valence-electron chi connectivity index (χ3n) is 2.46. The number of amides is 2. The van der Waals surface area contributed by atoms with E-state index in [1.165, 1.54) is 0 Å².